The van der Waals surface area contributed by atoms with Gasteiger partial charge in [0.25, 0.3) is 0 Å². The minimum atomic E-state index is -0.883. The summed E-state index contributed by atoms with van der Waals surface area (Å²) >= 11 is 0. The van der Waals surface area contributed by atoms with E-state index in [0.717, 1.165) is 12.2 Å². The van der Waals surface area contributed by atoms with Gasteiger partial charge in [0.05, 0.1) is 13.2 Å². The Morgan fingerprint density at radius 2 is 2.06 bits per heavy atom. The molecular weight excluding hydrogens is 204 g/mol. The predicted octanol–water partition coefficient (Wildman–Crippen LogP) is 2.87. The van der Waals surface area contributed by atoms with Crippen LogP contribution in [0.15, 0.2) is 24.3 Å². The number of ether oxygens (including phenoxy) is 3. The highest BCUT2D eigenvalue weighted by atomic mass is 16.9. The van der Waals surface area contributed by atoms with Crippen molar-refractivity contribution < 1.29 is 14.2 Å². The molecule has 3 heteroatoms. The summed E-state index contributed by atoms with van der Waals surface area (Å²) in [6.45, 7) is 5.43. The van der Waals surface area contributed by atoms with Gasteiger partial charge in [-0.05, 0) is 31.0 Å². The molecule has 0 spiro atoms. The SMILES string of the molecule is CCC1(Oc2cccc(C)c2)OCCCO1. The second-order valence-corrected chi connectivity index (χ2v) is 4.01. The lowest BCUT2D eigenvalue weighted by atomic mass is 10.2. The molecule has 2 rings (SSSR count). The third-order valence-corrected chi connectivity index (χ3v) is 2.63. The van der Waals surface area contributed by atoms with Crippen LogP contribution in [0.25, 0.3) is 0 Å². The maximum Gasteiger partial charge on any atom is 0.326 e. The van der Waals surface area contributed by atoms with Crippen LogP contribution in [-0.4, -0.2) is 19.2 Å². The van der Waals surface area contributed by atoms with E-state index in [1.54, 1.807) is 0 Å². The van der Waals surface area contributed by atoms with Crippen LogP contribution in [0.4, 0.5) is 0 Å². The molecule has 0 saturated carbocycles. The van der Waals surface area contributed by atoms with Gasteiger partial charge in [0.15, 0.2) is 0 Å². The zero-order chi connectivity index (χ0) is 11.4. The van der Waals surface area contributed by atoms with Gasteiger partial charge >= 0.3 is 5.97 Å². The van der Waals surface area contributed by atoms with Crippen molar-refractivity contribution in [3.8, 4) is 5.75 Å². The van der Waals surface area contributed by atoms with E-state index in [2.05, 4.69) is 0 Å². The van der Waals surface area contributed by atoms with E-state index in [4.69, 9.17) is 14.2 Å². The summed E-state index contributed by atoms with van der Waals surface area (Å²) < 4.78 is 17.1. The first kappa shape index (κ1) is 11.4. The topological polar surface area (TPSA) is 27.7 Å². The fourth-order valence-corrected chi connectivity index (χ4v) is 1.75. The molecule has 3 nitrogen and oxygen atoms in total. The summed E-state index contributed by atoms with van der Waals surface area (Å²) in [5.41, 5.74) is 1.17. The Kier molecular flexibility index (Phi) is 3.46. The summed E-state index contributed by atoms with van der Waals surface area (Å²) in [6, 6.07) is 7.91. The van der Waals surface area contributed by atoms with Crippen molar-refractivity contribution in [2.45, 2.75) is 32.7 Å². The lowest BCUT2D eigenvalue weighted by molar-refractivity contribution is -0.365. The number of hydrogen-bond acceptors (Lipinski definition) is 3. The average Bonchev–Trinajstić information content (AvgIpc) is 2.30. The summed E-state index contributed by atoms with van der Waals surface area (Å²) in [4.78, 5) is 0. The van der Waals surface area contributed by atoms with E-state index in [1.807, 2.05) is 38.1 Å². The molecule has 1 aromatic carbocycles. The molecule has 1 fully saturated rings. The van der Waals surface area contributed by atoms with Gasteiger partial charge in [0.2, 0.25) is 0 Å². The van der Waals surface area contributed by atoms with Gasteiger partial charge < -0.3 is 14.2 Å². The van der Waals surface area contributed by atoms with Crippen molar-refractivity contribution in [2.75, 3.05) is 13.2 Å². The maximum atomic E-state index is 5.83. The Labute approximate surface area is 96.3 Å². The minimum absolute atomic E-state index is 0.681. The molecule has 0 radical (unpaired) electrons. The molecule has 1 heterocycles. The lowest BCUT2D eigenvalue weighted by Crippen LogP contribution is -2.45. The third-order valence-electron chi connectivity index (χ3n) is 2.63. The van der Waals surface area contributed by atoms with Crippen molar-refractivity contribution in [2.24, 2.45) is 0 Å². The Morgan fingerprint density at radius 3 is 2.69 bits per heavy atom. The summed E-state index contributed by atoms with van der Waals surface area (Å²) in [5, 5.41) is 0. The number of aryl methyl sites for hydroxylation is 1. The predicted molar refractivity (Wildman–Crippen MR) is 61.4 cm³/mol. The molecule has 0 bridgehead atoms. The van der Waals surface area contributed by atoms with E-state index < -0.39 is 5.97 Å². The normalized spacial score (nSPS) is 19.4. The van der Waals surface area contributed by atoms with Crippen LogP contribution in [-0.2, 0) is 9.47 Å². The second-order valence-electron chi connectivity index (χ2n) is 4.01. The van der Waals surface area contributed by atoms with Gasteiger partial charge in [0.1, 0.15) is 5.75 Å². The first-order valence-corrected chi connectivity index (χ1v) is 5.78. The van der Waals surface area contributed by atoms with E-state index in [1.165, 1.54) is 5.56 Å². The van der Waals surface area contributed by atoms with Crippen LogP contribution in [0.5, 0.6) is 5.75 Å². The van der Waals surface area contributed by atoms with E-state index >= 15 is 0 Å². The highest BCUT2D eigenvalue weighted by Crippen LogP contribution is 2.27. The number of benzene rings is 1. The van der Waals surface area contributed by atoms with Crippen LogP contribution in [0, 0.1) is 6.92 Å². The largest absolute Gasteiger partial charge is 0.439 e. The molecule has 1 aromatic rings. The Bertz CT molecular complexity index is 343. The monoisotopic (exact) mass is 222 g/mol. The van der Waals surface area contributed by atoms with E-state index in [0.29, 0.717) is 19.6 Å². The van der Waals surface area contributed by atoms with Crippen LogP contribution >= 0.6 is 0 Å². The van der Waals surface area contributed by atoms with Crippen molar-refractivity contribution in [3.63, 3.8) is 0 Å². The maximum absolute atomic E-state index is 5.83. The molecule has 0 aliphatic carbocycles. The fraction of sp³-hybridized carbons (Fsp3) is 0.538. The molecule has 1 saturated heterocycles. The summed E-state index contributed by atoms with van der Waals surface area (Å²) in [6.07, 6.45) is 1.61. The van der Waals surface area contributed by atoms with Gasteiger partial charge in [-0.25, -0.2) is 0 Å². The van der Waals surface area contributed by atoms with Crippen molar-refractivity contribution >= 4 is 0 Å². The van der Waals surface area contributed by atoms with Gasteiger partial charge in [-0.2, -0.15) is 0 Å². The first-order chi connectivity index (χ1) is 7.74. The van der Waals surface area contributed by atoms with Crippen LogP contribution in [0.3, 0.4) is 0 Å². The molecule has 0 amide bonds. The Balaban J connectivity index is 2.11. The third kappa shape index (κ3) is 2.54. The standard InChI is InChI=1S/C13H18O3/c1-3-13(14-8-5-9-15-13)16-12-7-4-6-11(2)10-12/h4,6-7,10H,3,5,8-9H2,1-2H3. The molecule has 1 aliphatic rings. The van der Waals surface area contributed by atoms with Crippen molar-refractivity contribution in [3.05, 3.63) is 29.8 Å². The molecule has 0 N–H and O–H groups in total. The van der Waals surface area contributed by atoms with Crippen LogP contribution in [0.2, 0.25) is 0 Å². The average molecular weight is 222 g/mol. The second kappa shape index (κ2) is 4.85. The van der Waals surface area contributed by atoms with Crippen molar-refractivity contribution in [1.29, 1.82) is 0 Å². The molecular formula is C13H18O3. The summed E-state index contributed by atoms with van der Waals surface area (Å²) in [5.74, 6) is -0.0878. The minimum Gasteiger partial charge on any atom is -0.439 e. The van der Waals surface area contributed by atoms with Crippen LogP contribution in [0.1, 0.15) is 25.3 Å². The van der Waals surface area contributed by atoms with Crippen molar-refractivity contribution in [1.82, 2.24) is 0 Å². The van der Waals surface area contributed by atoms with Gasteiger partial charge in [-0.3, -0.25) is 0 Å². The highest BCUT2D eigenvalue weighted by Gasteiger charge is 2.35. The zero-order valence-electron chi connectivity index (χ0n) is 9.86. The van der Waals surface area contributed by atoms with Gasteiger partial charge in [0, 0.05) is 6.42 Å². The number of rotatable bonds is 3. The Morgan fingerprint density at radius 1 is 1.31 bits per heavy atom. The van der Waals surface area contributed by atoms with E-state index in [-0.39, 0.29) is 0 Å². The molecule has 16 heavy (non-hydrogen) atoms. The quantitative estimate of drug-likeness (QED) is 0.787. The molecule has 0 atom stereocenters. The molecule has 0 unspecified atom stereocenters. The first-order valence-electron chi connectivity index (χ1n) is 5.78. The molecule has 0 aromatic heterocycles. The highest BCUT2D eigenvalue weighted by molar-refractivity contribution is 5.27. The van der Waals surface area contributed by atoms with Gasteiger partial charge in [-0.15, -0.1) is 0 Å². The van der Waals surface area contributed by atoms with Crippen LogP contribution < -0.4 is 4.74 Å². The van der Waals surface area contributed by atoms with E-state index in [9.17, 15) is 0 Å². The summed E-state index contributed by atoms with van der Waals surface area (Å²) in [7, 11) is 0. The molecule has 1 aliphatic heterocycles. The number of hydrogen-bond donors (Lipinski definition) is 0. The smallest absolute Gasteiger partial charge is 0.326 e. The molecule has 88 valence electrons. The zero-order valence-corrected chi connectivity index (χ0v) is 9.86. The fourth-order valence-electron chi connectivity index (χ4n) is 1.75. The van der Waals surface area contributed by atoms with Gasteiger partial charge in [-0.1, -0.05) is 19.1 Å². The Hall–Kier alpha value is -1.06. The lowest BCUT2D eigenvalue weighted by Gasteiger charge is -2.35.